The van der Waals surface area contributed by atoms with Crippen molar-refractivity contribution < 1.29 is 4.79 Å². The first-order valence-corrected chi connectivity index (χ1v) is 9.02. The average Bonchev–Trinajstić information content (AvgIpc) is 2.63. The van der Waals surface area contributed by atoms with Crippen molar-refractivity contribution in [2.75, 3.05) is 10.6 Å². The minimum atomic E-state index is -0.249. The number of aromatic nitrogens is 2. The number of carbonyl (C=O) groups is 1. The highest BCUT2D eigenvalue weighted by atomic mass is 16.1. The van der Waals surface area contributed by atoms with Crippen molar-refractivity contribution in [1.29, 1.82) is 0 Å². The van der Waals surface area contributed by atoms with Gasteiger partial charge in [0.2, 0.25) is 0 Å². The molecule has 5 nitrogen and oxygen atoms in total. The SMILES string of the molecule is Cc1ccc(Nc2cc(C(=O)Nc3ccccc3C(C)C)nc(C)n2)cc1. The molecule has 0 aliphatic carbocycles. The number of para-hydroxylation sites is 1. The monoisotopic (exact) mass is 360 g/mol. The van der Waals surface area contributed by atoms with E-state index in [2.05, 4.69) is 34.4 Å². The van der Waals surface area contributed by atoms with Crippen LogP contribution >= 0.6 is 0 Å². The van der Waals surface area contributed by atoms with Crippen LogP contribution in [0.25, 0.3) is 0 Å². The van der Waals surface area contributed by atoms with Gasteiger partial charge in [0.05, 0.1) is 0 Å². The number of hydrogen-bond acceptors (Lipinski definition) is 4. The summed E-state index contributed by atoms with van der Waals surface area (Å²) in [6.45, 7) is 8.02. The Hall–Kier alpha value is -3.21. The maximum atomic E-state index is 12.8. The standard InChI is InChI=1S/C22H24N4O/c1-14(2)18-7-5-6-8-19(18)26-22(27)20-13-21(24-16(4)23-20)25-17-11-9-15(3)10-12-17/h5-14H,1-4H3,(H,26,27)(H,23,24,25). The molecule has 0 radical (unpaired) electrons. The van der Waals surface area contributed by atoms with Crippen molar-refractivity contribution in [2.45, 2.75) is 33.6 Å². The Morgan fingerprint density at radius 1 is 0.963 bits per heavy atom. The molecule has 0 unspecified atom stereocenters. The van der Waals surface area contributed by atoms with Gasteiger partial charge in [-0.3, -0.25) is 4.79 Å². The van der Waals surface area contributed by atoms with E-state index in [0.29, 0.717) is 23.3 Å². The number of hydrogen-bond donors (Lipinski definition) is 2. The number of anilines is 3. The van der Waals surface area contributed by atoms with Crippen molar-refractivity contribution in [2.24, 2.45) is 0 Å². The summed E-state index contributed by atoms with van der Waals surface area (Å²) in [4.78, 5) is 21.4. The number of benzene rings is 2. The number of carbonyl (C=O) groups excluding carboxylic acids is 1. The molecule has 0 saturated carbocycles. The van der Waals surface area contributed by atoms with Crippen LogP contribution in [0.1, 0.15) is 47.2 Å². The second-order valence-electron chi connectivity index (χ2n) is 6.87. The van der Waals surface area contributed by atoms with E-state index in [9.17, 15) is 4.79 Å². The Morgan fingerprint density at radius 3 is 2.37 bits per heavy atom. The minimum Gasteiger partial charge on any atom is -0.340 e. The maximum Gasteiger partial charge on any atom is 0.274 e. The molecule has 1 aromatic heterocycles. The van der Waals surface area contributed by atoms with Crippen LogP contribution in [0.2, 0.25) is 0 Å². The van der Waals surface area contributed by atoms with Crippen LogP contribution < -0.4 is 10.6 Å². The van der Waals surface area contributed by atoms with Crippen molar-refractivity contribution in [3.05, 3.63) is 77.2 Å². The Kier molecular flexibility index (Phi) is 5.50. The number of nitrogens with one attached hydrogen (secondary N) is 2. The smallest absolute Gasteiger partial charge is 0.274 e. The topological polar surface area (TPSA) is 66.9 Å². The van der Waals surface area contributed by atoms with E-state index in [1.54, 1.807) is 13.0 Å². The first kappa shape index (κ1) is 18.6. The fourth-order valence-corrected chi connectivity index (χ4v) is 2.83. The molecule has 3 aromatic rings. The maximum absolute atomic E-state index is 12.8. The Bertz CT molecular complexity index is 949. The van der Waals surface area contributed by atoms with E-state index in [-0.39, 0.29) is 5.91 Å². The molecule has 0 saturated heterocycles. The van der Waals surface area contributed by atoms with Crippen molar-refractivity contribution in [3.63, 3.8) is 0 Å². The van der Waals surface area contributed by atoms with Gasteiger partial charge >= 0.3 is 0 Å². The lowest BCUT2D eigenvalue weighted by molar-refractivity contribution is 0.102. The fourth-order valence-electron chi connectivity index (χ4n) is 2.83. The van der Waals surface area contributed by atoms with Gasteiger partial charge in [0.15, 0.2) is 0 Å². The quantitative estimate of drug-likeness (QED) is 0.655. The normalized spacial score (nSPS) is 10.7. The number of amides is 1. The number of rotatable bonds is 5. The van der Waals surface area contributed by atoms with Gasteiger partial charge < -0.3 is 10.6 Å². The summed E-state index contributed by atoms with van der Waals surface area (Å²) in [6.07, 6.45) is 0. The van der Waals surface area contributed by atoms with E-state index in [1.165, 1.54) is 5.56 Å². The molecular formula is C22H24N4O. The van der Waals surface area contributed by atoms with Gasteiger partial charge in [0, 0.05) is 17.4 Å². The number of aryl methyl sites for hydroxylation is 2. The molecule has 3 rings (SSSR count). The molecule has 5 heteroatoms. The van der Waals surface area contributed by atoms with E-state index < -0.39 is 0 Å². The predicted octanol–water partition coefficient (Wildman–Crippen LogP) is 5.21. The molecule has 0 bridgehead atoms. The molecule has 2 N–H and O–H groups in total. The van der Waals surface area contributed by atoms with E-state index in [4.69, 9.17) is 0 Å². The second kappa shape index (κ2) is 7.99. The first-order chi connectivity index (χ1) is 12.9. The molecule has 0 aliphatic rings. The lowest BCUT2D eigenvalue weighted by Gasteiger charge is -2.14. The van der Waals surface area contributed by atoms with Gasteiger partial charge in [0.25, 0.3) is 5.91 Å². The molecule has 0 aliphatic heterocycles. The van der Waals surface area contributed by atoms with Gasteiger partial charge in [-0.25, -0.2) is 9.97 Å². The molecule has 27 heavy (non-hydrogen) atoms. The highest BCUT2D eigenvalue weighted by molar-refractivity contribution is 6.03. The predicted molar refractivity (Wildman–Crippen MR) is 110 cm³/mol. The summed E-state index contributed by atoms with van der Waals surface area (Å²) < 4.78 is 0. The Labute approximate surface area is 159 Å². The third-order valence-corrected chi connectivity index (χ3v) is 4.23. The summed E-state index contributed by atoms with van der Waals surface area (Å²) in [6, 6.07) is 17.5. The first-order valence-electron chi connectivity index (χ1n) is 9.02. The van der Waals surface area contributed by atoms with E-state index in [1.807, 2.05) is 55.5 Å². The highest BCUT2D eigenvalue weighted by Crippen LogP contribution is 2.24. The molecular weight excluding hydrogens is 336 g/mol. The van der Waals surface area contributed by atoms with Crippen LogP contribution in [0.3, 0.4) is 0 Å². The van der Waals surface area contributed by atoms with Crippen LogP contribution in [0.5, 0.6) is 0 Å². The van der Waals surface area contributed by atoms with Crippen LogP contribution in [-0.4, -0.2) is 15.9 Å². The second-order valence-corrected chi connectivity index (χ2v) is 6.87. The van der Waals surface area contributed by atoms with Crippen molar-refractivity contribution in [3.8, 4) is 0 Å². The fraction of sp³-hybridized carbons (Fsp3) is 0.227. The van der Waals surface area contributed by atoms with Gasteiger partial charge in [0.1, 0.15) is 17.3 Å². The Balaban J connectivity index is 1.83. The summed E-state index contributed by atoms with van der Waals surface area (Å²) in [5.41, 5.74) is 4.32. The third-order valence-electron chi connectivity index (χ3n) is 4.23. The zero-order valence-corrected chi connectivity index (χ0v) is 16.1. The largest absolute Gasteiger partial charge is 0.340 e. The van der Waals surface area contributed by atoms with Gasteiger partial charge in [-0.15, -0.1) is 0 Å². The zero-order chi connectivity index (χ0) is 19.4. The third kappa shape index (κ3) is 4.70. The van der Waals surface area contributed by atoms with Crippen LogP contribution in [0.4, 0.5) is 17.2 Å². The van der Waals surface area contributed by atoms with E-state index in [0.717, 1.165) is 16.9 Å². The number of nitrogens with zero attached hydrogens (tertiary/aromatic N) is 2. The van der Waals surface area contributed by atoms with Crippen molar-refractivity contribution in [1.82, 2.24) is 9.97 Å². The lowest BCUT2D eigenvalue weighted by Crippen LogP contribution is -2.16. The average molecular weight is 360 g/mol. The molecule has 0 atom stereocenters. The molecule has 138 valence electrons. The van der Waals surface area contributed by atoms with Gasteiger partial charge in [-0.05, 0) is 43.5 Å². The van der Waals surface area contributed by atoms with Gasteiger partial charge in [-0.2, -0.15) is 0 Å². The minimum absolute atomic E-state index is 0.249. The molecule has 0 spiro atoms. The Morgan fingerprint density at radius 2 is 1.67 bits per heavy atom. The van der Waals surface area contributed by atoms with Crippen LogP contribution in [0, 0.1) is 13.8 Å². The van der Waals surface area contributed by atoms with Crippen LogP contribution in [-0.2, 0) is 0 Å². The van der Waals surface area contributed by atoms with E-state index >= 15 is 0 Å². The molecule has 1 heterocycles. The summed E-state index contributed by atoms with van der Waals surface area (Å²) in [5.74, 6) is 1.19. The highest BCUT2D eigenvalue weighted by Gasteiger charge is 2.14. The summed E-state index contributed by atoms with van der Waals surface area (Å²) in [7, 11) is 0. The van der Waals surface area contributed by atoms with Crippen LogP contribution in [0.15, 0.2) is 54.6 Å². The lowest BCUT2D eigenvalue weighted by atomic mass is 10.0. The molecule has 0 fully saturated rings. The molecule has 2 aromatic carbocycles. The zero-order valence-electron chi connectivity index (χ0n) is 16.1. The van der Waals surface area contributed by atoms with Gasteiger partial charge in [-0.1, -0.05) is 49.7 Å². The summed E-state index contributed by atoms with van der Waals surface area (Å²) in [5, 5.41) is 6.21. The summed E-state index contributed by atoms with van der Waals surface area (Å²) >= 11 is 0. The van der Waals surface area contributed by atoms with Crippen molar-refractivity contribution >= 4 is 23.1 Å². The molecule has 1 amide bonds.